The highest BCUT2D eigenvalue weighted by molar-refractivity contribution is 5.85. The van der Waals surface area contributed by atoms with Crippen LogP contribution in [0.4, 0.5) is 0 Å². The molecule has 4 rings (SSSR count). The highest BCUT2D eigenvalue weighted by atomic mass is 16.5. The Balaban J connectivity index is 1.42. The summed E-state index contributed by atoms with van der Waals surface area (Å²) in [5.41, 5.74) is 0.0465. The highest BCUT2D eigenvalue weighted by Gasteiger charge is 2.42. The number of benzene rings is 3. The molecule has 0 spiro atoms. The summed E-state index contributed by atoms with van der Waals surface area (Å²) < 4.78 is 11.1. The molecule has 1 fully saturated rings. The van der Waals surface area contributed by atoms with Crippen molar-refractivity contribution in [2.75, 3.05) is 26.3 Å². The van der Waals surface area contributed by atoms with Crippen molar-refractivity contribution >= 4 is 12.3 Å². The lowest BCUT2D eigenvalue weighted by atomic mass is 9.86. The standard InChI is InChI=1S/C29H31NO5/c31-18-19-34-27-13-7-12-26(20-27)29(33,25-10-5-2-6-11-25)28(32)35-22-24-14-16-30(17-15-24)21-23-8-3-1-4-9-23/h1-13,18,20,24,33H,14-17,19,21-22H2/t29-/m0/s1. The van der Waals surface area contributed by atoms with Gasteiger partial charge in [-0.05, 0) is 55.1 Å². The van der Waals surface area contributed by atoms with Crippen LogP contribution in [0.1, 0.15) is 29.5 Å². The van der Waals surface area contributed by atoms with Crippen molar-refractivity contribution < 1.29 is 24.2 Å². The van der Waals surface area contributed by atoms with Crippen LogP contribution in [0.3, 0.4) is 0 Å². The van der Waals surface area contributed by atoms with Crippen LogP contribution < -0.4 is 4.74 Å². The summed E-state index contributed by atoms with van der Waals surface area (Å²) in [6.45, 7) is 2.95. The summed E-state index contributed by atoms with van der Waals surface area (Å²) in [7, 11) is 0. The lowest BCUT2D eigenvalue weighted by Crippen LogP contribution is -2.40. The third kappa shape index (κ3) is 6.15. The predicted octanol–water partition coefficient (Wildman–Crippen LogP) is 3.96. The Labute approximate surface area is 206 Å². The first kappa shape index (κ1) is 24.6. The average Bonchev–Trinajstić information content (AvgIpc) is 2.92. The Morgan fingerprint density at radius 3 is 2.29 bits per heavy atom. The molecule has 0 bridgehead atoms. The molecule has 1 N–H and O–H groups in total. The lowest BCUT2D eigenvalue weighted by Gasteiger charge is -2.33. The number of rotatable bonds is 10. The molecule has 3 aromatic rings. The summed E-state index contributed by atoms with van der Waals surface area (Å²) in [6, 6.07) is 25.7. The zero-order valence-corrected chi connectivity index (χ0v) is 19.7. The van der Waals surface area contributed by atoms with Crippen LogP contribution in [0.2, 0.25) is 0 Å². The monoisotopic (exact) mass is 473 g/mol. The first-order valence-electron chi connectivity index (χ1n) is 12.0. The highest BCUT2D eigenvalue weighted by Crippen LogP contribution is 2.33. The second-order valence-electron chi connectivity index (χ2n) is 8.89. The Kier molecular flexibility index (Phi) is 8.29. The quantitative estimate of drug-likeness (QED) is 0.355. The molecule has 35 heavy (non-hydrogen) atoms. The number of nitrogens with zero attached hydrogens (tertiary/aromatic N) is 1. The maximum absolute atomic E-state index is 13.4. The van der Waals surface area contributed by atoms with E-state index >= 15 is 0 Å². The lowest BCUT2D eigenvalue weighted by molar-refractivity contribution is -0.164. The van der Waals surface area contributed by atoms with E-state index in [0.717, 1.165) is 32.5 Å². The van der Waals surface area contributed by atoms with E-state index < -0.39 is 11.6 Å². The first-order valence-corrected chi connectivity index (χ1v) is 12.0. The van der Waals surface area contributed by atoms with Gasteiger partial charge in [0.1, 0.15) is 12.4 Å². The van der Waals surface area contributed by atoms with Gasteiger partial charge in [0.25, 0.3) is 0 Å². The molecule has 0 aromatic heterocycles. The van der Waals surface area contributed by atoms with Gasteiger partial charge in [0, 0.05) is 12.1 Å². The van der Waals surface area contributed by atoms with E-state index in [4.69, 9.17) is 9.47 Å². The number of ether oxygens (including phenoxy) is 2. The summed E-state index contributed by atoms with van der Waals surface area (Å²) in [6.07, 6.45) is 2.51. The number of piperidine rings is 1. The summed E-state index contributed by atoms with van der Waals surface area (Å²) in [5, 5.41) is 11.7. The largest absolute Gasteiger partial charge is 0.486 e. The number of likely N-dealkylation sites (tertiary alicyclic amines) is 1. The third-order valence-electron chi connectivity index (χ3n) is 6.46. The van der Waals surface area contributed by atoms with E-state index in [-0.39, 0.29) is 19.1 Å². The van der Waals surface area contributed by atoms with E-state index in [1.165, 1.54) is 5.56 Å². The van der Waals surface area contributed by atoms with E-state index in [2.05, 4.69) is 29.2 Å². The van der Waals surface area contributed by atoms with Crippen molar-refractivity contribution in [2.24, 2.45) is 5.92 Å². The molecule has 1 aliphatic rings. The summed E-state index contributed by atoms with van der Waals surface area (Å²) >= 11 is 0. The van der Waals surface area contributed by atoms with Crippen LogP contribution in [-0.4, -0.2) is 48.6 Å². The van der Waals surface area contributed by atoms with E-state index in [0.29, 0.717) is 23.2 Å². The second-order valence-corrected chi connectivity index (χ2v) is 8.89. The Morgan fingerprint density at radius 1 is 0.943 bits per heavy atom. The fourth-order valence-electron chi connectivity index (χ4n) is 4.47. The minimum absolute atomic E-state index is 0.110. The number of aliphatic hydroxyl groups is 1. The Bertz CT molecular complexity index is 1100. The SMILES string of the molecule is O=CCOc1cccc([C@](O)(C(=O)OCC2CCN(Cc3ccccc3)CC2)c2ccccc2)c1. The molecule has 1 aliphatic heterocycles. The zero-order valence-electron chi connectivity index (χ0n) is 19.7. The molecule has 3 aromatic carbocycles. The van der Waals surface area contributed by atoms with E-state index in [1.807, 2.05) is 12.1 Å². The van der Waals surface area contributed by atoms with Gasteiger partial charge in [0.15, 0.2) is 6.29 Å². The minimum atomic E-state index is -1.99. The van der Waals surface area contributed by atoms with Crippen LogP contribution in [0.5, 0.6) is 5.75 Å². The van der Waals surface area contributed by atoms with Gasteiger partial charge in [-0.2, -0.15) is 0 Å². The zero-order chi connectivity index (χ0) is 24.5. The Morgan fingerprint density at radius 2 is 1.60 bits per heavy atom. The Hall–Kier alpha value is -3.48. The van der Waals surface area contributed by atoms with Gasteiger partial charge in [-0.25, -0.2) is 4.79 Å². The molecule has 0 amide bonds. The molecular weight excluding hydrogens is 442 g/mol. The van der Waals surface area contributed by atoms with Crippen LogP contribution in [-0.2, 0) is 26.5 Å². The van der Waals surface area contributed by atoms with Gasteiger partial charge >= 0.3 is 5.97 Å². The van der Waals surface area contributed by atoms with Gasteiger partial charge in [-0.15, -0.1) is 0 Å². The fraction of sp³-hybridized carbons (Fsp3) is 0.310. The number of carbonyl (C=O) groups is 2. The number of aldehydes is 1. The molecule has 6 nitrogen and oxygen atoms in total. The van der Waals surface area contributed by atoms with E-state index in [1.54, 1.807) is 48.5 Å². The molecule has 0 unspecified atom stereocenters. The molecule has 6 heteroatoms. The van der Waals surface area contributed by atoms with Gasteiger partial charge in [-0.3, -0.25) is 9.69 Å². The van der Waals surface area contributed by atoms with Gasteiger partial charge < -0.3 is 14.6 Å². The van der Waals surface area contributed by atoms with Crippen LogP contribution >= 0.6 is 0 Å². The predicted molar refractivity (Wildman–Crippen MR) is 133 cm³/mol. The number of hydrogen-bond donors (Lipinski definition) is 1. The van der Waals surface area contributed by atoms with Crippen LogP contribution in [0.25, 0.3) is 0 Å². The summed E-state index contributed by atoms with van der Waals surface area (Å²) in [4.78, 5) is 26.5. The molecule has 1 heterocycles. The normalized spacial score (nSPS) is 16.3. The average molecular weight is 474 g/mol. The number of esters is 1. The number of hydrogen-bond acceptors (Lipinski definition) is 6. The van der Waals surface area contributed by atoms with Gasteiger partial charge in [0.05, 0.1) is 6.61 Å². The second kappa shape index (κ2) is 11.8. The molecule has 182 valence electrons. The van der Waals surface area contributed by atoms with Crippen molar-refractivity contribution in [1.29, 1.82) is 0 Å². The van der Waals surface area contributed by atoms with Crippen molar-refractivity contribution in [3.8, 4) is 5.75 Å². The van der Waals surface area contributed by atoms with Gasteiger partial charge in [0.2, 0.25) is 5.60 Å². The van der Waals surface area contributed by atoms with Crippen molar-refractivity contribution in [3.05, 3.63) is 102 Å². The van der Waals surface area contributed by atoms with Crippen molar-refractivity contribution in [3.63, 3.8) is 0 Å². The first-order chi connectivity index (χ1) is 17.1. The molecule has 0 saturated carbocycles. The number of carbonyl (C=O) groups excluding carboxylic acids is 2. The minimum Gasteiger partial charge on any atom is -0.486 e. The van der Waals surface area contributed by atoms with Crippen LogP contribution in [0.15, 0.2) is 84.9 Å². The maximum atomic E-state index is 13.4. The molecule has 1 saturated heterocycles. The molecule has 1 atom stereocenters. The molecular formula is C29H31NO5. The third-order valence-corrected chi connectivity index (χ3v) is 6.46. The topological polar surface area (TPSA) is 76.1 Å². The van der Waals surface area contributed by atoms with Crippen molar-refractivity contribution in [1.82, 2.24) is 4.90 Å². The van der Waals surface area contributed by atoms with Crippen molar-refractivity contribution in [2.45, 2.75) is 25.0 Å². The smallest absolute Gasteiger partial charge is 0.347 e. The van der Waals surface area contributed by atoms with Crippen LogP contribution in [0, 0.1) is 5.92 Å². The van der Waals surface area contributed by atoms with E-state index in [9.17, 15) is 14.7 Å². The molecule has 0 radical (unpaired) electrons. The fourth-order valence-corrected chi connectivity index (χ4v) is 4.47. The maximum Gasteiger partial charge on any atom is 0.347 e. The summed E-state index contributed by atoms with van der Waals surface area (Å²) in [5.74, 6) is -0.0845. The van der Waals surface area contributed by atoms with Gasteiger partial charge in [-0.1, -0.05) is 72.8 Å². The molecule has 0 aliphatic carbocycles.